The normalized spacial score (nSPS) is 21.2. The summed E-state index contributed by atoms with van der Waals surface area (Å²) in [6.07, 6.45) is 3.40. The zero-order valence-corrected chi connectivity index (χ0v) is 21.3. The number of anilines is 1. The van der Waals surface area contributed by atoms with E-state index in [0.717, 1.165) is 42.4 Å². The van der Waals surface area contributed by atoms with Gasteiger partial charge in [0.25, 0.3) is 5.56 Å². The molecule has 1 aliphatic carbocycles. The van der Waals surface area contributed by atoms with Crippen LogP contribution in [0.1, 0.15) is 31.4 Å². The molecule has 2 heterocycles. The van der Waals surface area contributed by atoms with Gasteiger partial charge in [0.1, 0.15) is 17.4 Å². The molecule has 0 amide bonds. The van der Waals surface area contributed by atoms with Crippen molar-refractivity contribution in [3.05, 3.63) is 58.4 Å². The van der Waals surface area contributed by atoms with Crippen molar-refractivity contribution < 1.29 is 17.5 Å². The lowest BCUT2D eigenvalue weighted by Crippen LogP contribution is -2.32. The van der Waals surface area contributed by atoms with Crippen LogP contribution in [0, 0.1) is 29.0 Å². The smallest absolute Gasteiger partial charge is 0.301 e. The lowest BCUT2D eigenvalue weighted by Gasteiger charge is -2.18. The first-order chi connectivity index (χ1) is 17.7. The van der Waals surface area contributed by atoms with E-state index in [1.165, 1.54) is 19.2 Å². The van der Waals surface area contributed by atoms with E-state index in [1.807, 2.05) is 6.07 Å². The Morgan fingerprint density at radius 1 is 1.27 bits per heavy atom. The molecule has 2 unspecified atom stereocenters. The highest BCUT2D eigenvalue weighted by atomic mass is 32.2. The molecule has 0 bridgehead atoms. The number of hydrogen-bond donors (Lipinski definition) is 2. The van der Waals surface area contributed by atoms with Crippen molar-refractivity contribution >= 4 is 26.8 Å². The number of nitriles is 1. The number of aromatic nitrogens is 2. The molecule has 2 atom stereocenters. The molecular weight excluding hydrogens is 499 g/mol. The highest BCUT2D eigenvalue weighted by Crippen LogP contribution is 2.41. The second kappa shape index (κ2) is 9.74. The van der Waals surface area contributed by atoms with Gasteiger partial charge in [-0.1, -0.05) is 6.92 Å². The maximum atomic E-state index is 14.8. The number of rotatable bonds is 7. The van der Waals surface area contributed by atoms with Gasteiger partial charge >= 0.3 is 10.2 Å². The van der Waals surface area contributed by atoms with E-state index in [1.54, 1.807) is 23.9 Å². The minimum atomic E-state index is -3.95. The van der Waals surface area contributed by atoms with E-state index in [4.69, 9.17) is 4.74 Å². The fraction of sp³-hybridized carbons (Fsp3) is 0.400. The van der Waals surface area contributed by atoms with Gasteiger partial charge in [-0.3, -0.25) is 14.1 Å². The predicted octanol–water partition coefficient (Wildman–Crippen LogP) is 2.98. The largest absolute Gasteiger partial charge is 0.453 e. The van der Waals surface area contributed by atoms with Crippen molar-refractivity contribution in [1.82, 2.24) is 19.2 Å². The van der Waals surface area contributed by atoms with E-state index >= 15 is 0 Å². The minimum Gasteiger partial charge on any atom is -0.453 e. The summed E-state index contributed by atoms with van der Waals surface area (Å²) in [4.78, 5) is 17.8. The Kier molecular flexibility index (Phi) is 6.61. The zero-order valence-electron chi connectivity index (χ0n) is 20.4. The van der Waals surface area contributed by atoms with E-state index in [2.05, 4.69) is 15.0 Å². The molecule has 0 spiro atoms. The standard InChI is InChI=1S/C25H27FN6O4S/c1-3-31(2)37(34,35)30-23-7-5-21(26)24(20(23)11-27)36-18-4-6-22-19(10-18)25(33)32(14-29-22)17-8-15-12-28-13-16(15)9-17/h4-7,10,14-17,28,30H,3,8-9,12-13H2,1-2H3. The summed E-state index contributed by atoms with van der Waals surface area (Å²) in [6.45, 7) is 3.78. The van der Waals surface area contributed by atoms with Crippen LogP contribution in [0.25, 0.3) is 10.9 Å². The number of ether oxygens (including phenoxy) is 1. The Morgan fingerprint density at radius 2 is 2.00 bits per heavy atom. The van der Waals surface area contributed by atoms with Crippen molar-refractivity contribution in [1.29, 1.82) is 5.26 Å². The van der Waals surface area contributed by atoms with Crippen LogP contribution in [0.5, 0.6) is 11.5 Å². The number of halogens is 1. The minimum absolute atomic E-state index is 0.0691. The van der Waals surface area contributed by atoms with E-state index in [9.17, 15) is 22.9 Å². The van der Waals surface area contributed by atoms with Crippen LogP contribution in [0.15, 0.2) is 41.5 Å². The maximum Gasteiger partial charge on any atom is 0.301 e. The van der Waals surface area contributed by atoms with Gasteiger partial charge in [-0.15, -0.1) is 0 Å². The third kappa shape index (κ3) is 4.66. The number of hydrogen-bond acceptors (Lipinski definition) is 7. The summed E-state index contributed by atoms with van der Waals surface area (Å²) >= 11 is 0. The lowest BCUT2D eigenvalue weighted by molar-refractivity contribution is 0.441. The predicted molar refractivity (Wildman–Crippen MR) is 136 cm³/mol. The number of benzene rings is 2. The zero-order chi connectivity index (χ0) is 26.3. The van der Waals surface area contributed by atoms with Gasteiger partial charge < -0.3 is 10.1 Å². The molecule has 2 aliphatic rings. The molecule has 1 saturated carbocycles. The molecule has 5 rings (SSSR count). The average molecular weight is 527 g/mol. The van der Waals surface area contributed by atoms with E-state index in [0.29, 0.717) is 22.7 Å². The van der Waals surface area contributed by atoms with Gasteiger partial charge in [0, 0.05) is 19.6 Å². The molecular formula is C25H27FN6O4S. The Balaban J connectivity index is 1.48. The third-order valence-corrected chi connectivity index (χ3v) is 8.87. The van der Waals surface area contributed by atoms with Gasteiger partial charge in [-0.25, -0.2) is 9.37 Å². The van der Waals surface area contributed by atoms with Crippen LogP contribution in [-0.2, 0) is 10.2 Å². The molecule has 10 nitrogen and oxygen atoms in total. The van der Waals surface area contributed by atoms with Crippen LogP contribution in [0.4, 0.5) is 10.1 Å². The van der Waals surface area contributed by atoms with Gasteiger partial charge in [-0.2, -0.15) is 18.0 Å². The van der Waals surface area contributed by atoms with Crippen LogP contribution in [0.3, 0.4) is 0 Å². The summed E-state index contributed by atoms with van der Waals surface area (Å²) < 4.78 is 50.5. The van der Waals surface area contributed by atoms with Crippen molar-refractivity contribution in [2.75, 3.05) is 31.4 Å². The molecule has 2 fully saturated rings. The molecule has 1 aromatic heterocycles. The first-order valence-electron chi connectivity index (χ1n) is 12.1. The molecule has 37 heavy (non-hydrogen) atoms. The second-order valence-electron chi connectivity index (χ2n) is 9.47. The van der Waals surface area contributed by atoms with Crippen molar-refractivity contribution in [2.45, 2.75) is 25.8 Å². The lowest BCUT2D eigenvalue weighted by atomic mass is 10.0. The Hall–Kier alpha value is -3.53. The first-order valence-corrected chi connectivity index (χ1v) is 13.5. The Morgan fingerprint density at radius 3 is 2.68 bits per heavy atom. The van der Waals surface area contributed by atoms with E-state index < -0.39 is 21.8 Å². The third-order valence-electron chi connectivity index (χ3n) is 7.31. The van der Waals surface area contributed by atoms with Crippen molar-refractivity contribution in [3.8, 4) is 17.6 Å². The van der Waals surface area contributed by atoms with E-state index in [-0.39, 0.29) is 35.1 Å². The van der Waals surface area contributed by atoms with Gasteiger partial charge in [0.15, 0.2) is 11.6 Å². The average Bonchev–Trinajstić information content (AvgIpc) is 3.48. The molecule has 1 aliphatic heterocycles. The summed E-state index contributed by atoms with van der Waals surface area (Å²) in [5.41, 5.74) is -0.176. The molecule has 0 radical (unpaired) electrons. The van der Waals surface area contributed by atoms with Crippen molar-refractivity contribution in [2.24, 2.45) is 11.8 Å². The summed E-state index contributed by atoms with van der Waals surface area (Å²) in [7, 11) is -2.58. The molecule has 2 N–H and O–H groups in total. The highest BCUT2D eigenvalue weighted by Gasteiger charge is 2.38. The van der Waals surface area contributed by atoms with Gasteiger partial charge in [0.05, 0.1) is 22.9 Å². The summed E-state index contributed by atoms with van der Waals surface area (Å²) in [5, 5.41) is 13.4. The second-order valence-corrected chi connectivity index (χ2v) is 11.3. The van der Waals surface area contributed by atoms with Crippen LogP contribution < -0.4 is 20.3 Å². The number of fused-ring (bicyclic) bond motifs is 2. The van der Waals surface area contributed by atoms with Crippen LogP contribution in [-0.4, -0.2) is 49.0 Å². The summed E-state index contributed by atoms with van der Waals surface area (Å²) in [5.74, 6) is -0.0645. The number of nitrogens with one attached hydrogen (secondary N) is 2. The number of nitrogens with zero attached hydrogens (tertiary/aromatic N) is 4. The quantitative estimate of drug-likeness (QED) is 0.484. The Labute approximate surface area is 213 Å². The topological polar surface area (TPSA) is 129 Å². The SMILES string of the molecule is CCN(C)S(=O)(=O)Nc1ccc(F)c(Oc2ccc3ncn(C4CC5CNCC5C4)c(=O)c3c2)c1C#N. The fourth-order valence-electron chi connectivity index (χ4n) is 5.16. The van der Waals surface area contributed by atoms with Crippen LogP contribution in [0.2, 0.25) is 0 Å². The summed E-state index contributed by atoms with van der Waals surface area (Å²) in [6, 6.07) is 8.66. The van der Waals surface area contributed by atoms with Crippen LogP contribution >= 0.6 is 0 Å². The maximum absolute atomic E-state index is 14.8. The molecule has 2 aromatic carbocycles. The van der Waals surface area contributed by atoms with Gasteiger partial charge in [0.2, 0.25) is 0 Å². The van der Waals surface area contributed by atoms with Gasteiger partial charge in [-0.05, 0) is 68.1 Å². The molecule has 1 saturated heterocycles. The molecule has 3 aromatic rings. The first kappa shape index (κ1) is 25.1. The van der Waals surface area contributed by atoms with Crippen molar-refractivity contribution in [3.63, 3.8) is 0 Å². The molecule has 12 heteroatoms. The Bertz CT molecular complexity index is 1560. The monoisotopic (exact) mass is 526 g/mol. The highest BCUT2D eigenvalue weighted by molar-refractivity contribution is 7.90. The molecule has 194 valence electrons. The fourth-order valence-corrected chi connectivity index (χ4v) is 6.10.